The third-order valence-corrected chi connectivity index (χ3v) is 3.85. The van der Waals surface area contributed by atoms with Gasteiger partial charge in [0, 0.05) is 25.2 Å². The number of hydrazone groups is 1. The Labute approximate surface area is 130 Å². The zero-order valence-electron chi connectivity index (χ0n) is 12.7. The molecule has 0 N–H and O–H groups in total. The summed E-state index contributed by atoms with van der Waals surface area (Å²) in [7, 11) is 1.97. The maximum atomic E-state index is 12.2. The minimum atomic E-state index is -0.322. The molecule has 1 aliphatic heterocycles. The Balaban J connectivity index is 2.00. The van der Waals surface area contributed by atoms with Gasteiger partial charge in [0.05, 0.1) is 15.7 Å². The summed E-state index contributed by atoms with van der Waals surface area (Å²) < 4.78 is 0. The van der Waals surface area contributed by atoms with Crippen LogP contribution in [0.4, 0.5) is 5.69 Å². The highest BCUT2D eigenvalue weighted by Gasteiger charge is 2.33. The minimum Gasteiger partial charge on any atom is -0.342 e. The predicted octanol–water partition coefficient (Wildman–Crippen LogP) is 3.59. The molecule has 0 saturated heterocycles. The van der Waals surface area contributed by atoms with E-state index in [4.69, 9.17) is 0 Å². The Morgan fingerprint density at radius 2 is 1.59 bits per heavy atom. The van der Waals surface area contributed by atoms with Gasteiger partial charge in [-0.25, -0.2) is 0 Å². The maximum Gasteiger partial charge on any atom is 0.274 e. The van der Waals surface area contributed by atoms with Gasteiger partial charge in [-0.15, -0.1) is 0 Å². The Bertz CT molecular complexity index is 735. The molecule has 0 aromatic heterocycles. The molecule has 0 spiro atoms. The van der Waals surface area contributed by atoms with Crippen LogP contribution < -0.4 is 4.90 Å². The Kier molecular flexibility index (Phi) is 3.83. The molecule has 0 bridgehead atoms. The first-order valence-electron chi connectivity index (χ1n) is 7.27. The van der Waals surface area contributed by atoms with Crippen molar-refractivity contribution in [1.82, 2.24) is 0 Å². The van der Waals surface area contributed by atoms with E-state index in [0.717, 1.165) is 21.8 Å². The van der Waals surface area contributed by atoms with Crippen molar-refractivity contribution in [2.75, 3.05) is 11.9 Å². The molecule has 0 aliphatic carbocycles. The number of para-hydroxylation sites is 1. The Hall–Kier alpha value is -2.75. The highest BCUT2D eigenvalue weighted by molar-refractivity contribution is 6.09. The van der Waals surface area contributed by atoms with Gasteiger partial charge in [0.15, 0.2) is 4.87 Å². The van der Waals surface area contributed by atoms with Gasteiger partial charge >= 0.3 is 0 Å². The van der Waals surface area contributed by atoms with Gasteiger partial charge in [-0.05, 0) is 18.2 Å². The number of hydrogen-bond donors (Lipinski definition) is 0. The fourth-order valence-corrected chi connectivity index (χ4v) is 2.52. The third kappa shape index (κ3) is 2.68. The maximum absolute atomic E-state index is 12.2. The summed E-state index contributed by atoms with van der Waals surface area (Å²) >= 11 is 0. The van der Waals surface area contributed by atoms with E-state index in [1.807, 2.05) is 85.6 Å². The molecule has 0 fully saturated rings. The number of nitroso groups, excluding NO2 is 1. The second-order valence-corrected chi connectivity index (χ2v) is 5.29. The van der Waals surface area contributed by atoms with Crippen molar-refractivity contribution >= 4 is 11.4 Å². The quantitative estimate of drug-likeness (QED) is 0.810. The molecule has 4 heteroatoms. The molecule has 2 aromatic rings. The number of likely N-dealkylation sites (N-methyl/N-ethyl adjacent to an activating group) is 1. The first-order valence-corrected chi connectivity index (χ1v) is 7.27. The van der Waals surface area contributed by atoms with E-state index < -0.39 is 0 Å². The smallest absolute Gasteiger partial charge is 0.274 e. The largest absolute Gasteiger partial charge is 0.342 e. The second kappa shape index (κ2) is 5.93. The monoisotopic (exact) mass is 292 g/mol. The van der Waals surface area contributed by atoms with E-state index in [1.54, 1.807) is 0 Å². The summed E-state index contributed by atoms with van der Waals surface area (Å²) in [6.07, 6.45) is 1.99. The number of rotatable bonds is 3. The van der Waals surface area contributed by atoms with Crippen LogP contribution in [0.5, 0.6) is 0 Å². The summed E-state index contributed by atoms with van der Waals surface area (Å²) in [4.78, 5) is 15.0. The van der Waals surface area contributed by atoms with E-state index in [2.05, 4.69) is 5.10 Å². The molecule has 110 valence electrons. The van der Waals surface area contributed by atoms with Gasteiger partial charge in [-0.3, -0.25) is 0 Å². The van der Waals surface area contributed by atoms with Gasteiger partial charge in [0.25, 0.3) is 6.04 Å². The number of allylic oxidation sites excluding steroid dienone is 1. The molecule has 1 aliphatic rings. The minimum absolute atomic E-state index is 0.322. The summed E-state index contributed by atoms with van der Waals surface area (Å²) in [6, 6.07) is 19.4. The van der Waals surface area contributed by atoms with Crippen LogP contribution in [0.15, 0.2) is 77.5 Å². The third-order valence-electron chi connectivity index (χ3n) is 3.85. The fraction of sp³-hybridized carbons (Fsp3) is 0.167. The van der Waals surface area contributed by atoms with Crippen molar-refractivity contribution in [3.8, 4) is 0 Å². The van der Waals surface area contributed by atoms with Crippen LogP contribution in [0.25, 0.3) is 0 Å². The van der Waals surface area contributed by atoms with Crippen molar-refractivity contribution in [2.24, 2.45) is 5.10 Å². The van der Waals surface area contributed by atoms with E-state index in [0.29, 0.717) is 5.71 Å². The van der Waals surface area contributed by atoms with E-state index >= 15 is 0 Å². The van der Waals surface area contributed by atoms with Crippen molar-refractivity contribution in [1.29, 1.82) is 0 Å². The SMILES string of the molecule is CC1C(N(C)c2ccccc2)=CC(c2ccccc2)=N[N+]1=O. The normalized spacial score (nSPS) is 17.7. The highest BCUT2D eigenvalue weighted by atomic mass is 16.3. The first kappa shape index (κ1) is 14.2. The molecular weight excluding hydrogens is 274 g/mol. The average Bonchev–Trinajstić information content (AvgIpc) is 2.58. The van der Waals surface area contributed by atoms with Gasteiger partial charge in [0.1, 0.15) is 5.71 Å². The molecule has 4 nitrogen and oxygen atoms in total. The van der Waals surface area contributed by atoms with Crippen LogP contribution in [0, 0.1) is 4.91 Å². The predicted molar refractivity (Wildman–Crippen MR) is 89.0 cm³/mol. The van der Waals surface area contributed by atoms with E-state index in [1.165, 1.54) is 0 Å². The Morgan fingerprint density at radius 3 is 2.23 bits per heavy atom. The van der Waals surface area contributed by atoms with Gasteiger partial charge in [-0.2, -0.15) is 0 Å². The lowest BCUT2D eigenvalue weighted by atomic mass is 10.0. The lowest BCUT2D eigenvalue weighted by molar-refractivity contribution is -0.580. The van der Waals surface area contributed by atoms with Crippen LogP contribution in [-0.4, -0.2) is 23.7 Å². The number of benzene rings is 2. The zero-order valence-corrected chi connectivity index (χ0v) is 12.7. The second-order valence-electron chi connectivity index (χ2n) is 5.29. The Morgan fingerprint density at radius 1 is 1.00 bits per heavy atom. The first-order chi connectivity index (χ1) is 10.7. The number of hydrogen-bond acceptors (Lipinski definition) is 2. The average molecular weight is 292 g/mol. The van der Waals surface area contributed by atoms with Crippen molar-refractivity contribution in [3.63, 3.8) is 0 Å². The van der Waals surface area contributed by atoms with Crippen LogP contribution in [0.1, 0.15) is 12.5 Å². The van der Waals surface area contributed by atoms with E-state index in [-0.39, 0.29) is 6.04 Å². The van der Waals surface area contributed by atoms with E-state index in [9.17, 15) is 4.91 Å². The highest BCUT2D eigenvalue weighted by Crippen LogP contribution is 2.23. The molecule has 1 atom stereocenters. The van der Waals surface area contributed by atoms with Crippen molar-refractivity contribution < 1.29 is 4.87 Å². The molecule has 0 radical (unpaired) electrons. The molecule has 2 aromatic carbocycles. The summed E-state index contributed by atoms with van der Waals surface area (Å²) in [6.45, 7) is 1.86. The molecule has 0 amide bonds. The molecule has 1 unspecified atom stereocenters. The molecule has 3 rings (SSSR count). The van der Waals surface area contributed by atoms with Crippen LogP contribution >= 0.6 is 0 Å². The number of nitrogens with zero attached hydrogens (tertiary/aromatic N) is 3. The summed E-state index contributed by atoms with van der Waals surface area (Å²) in [5, 5.41) is 4.15. The lowest BCUT2D eigenvalue weighted by Gasteiger charge is -2.24. The summed E-state index contributed by atoms with van der Waals surface area (Å²) in [5.41, 5.74) is 3.60. The van der Waals surface area contributed by atoms with Gasteiger partial charge in [-0.1, -0.05) is 48.5 Å². The van der Waals surface area contributed by atoms with Crippen LogP contribution in [0.3, 0.4) is 0 Å². The van der Waals surface area contributed by atoms with Crippen LogP contribution in [-0.2, 0) is 0 Å². The zero-order chi connectivity index (χ0) is 15.5. The summed E-state index contributed by atoms with van der Waals surface area (Å²) in [5.74, 6) is 0. The molecule has 0 saturated carbocycles. The topological polar surface area (TPSA) is 35.7 Å². The van der Waals surface area contributed by atoms with Gasteiger partial charge < -0.3 is 4.90 Å². The number of anilines is 1. The molecule has 1 heterocycles. The van der Waals surface area contributed by atoms with Crippen molar-refractivity contribution in [2.45, 2.75) is 13.0 Å². The fourth-order valence-electron chi connectivity index (χ4n) is 2.52. The molecular formula is C18H18N3O+. The van der Waals surface area contributed by atoms with Gasteiger partial charge in [0.2, 0.25) is 0 Å². The van der Waals surface area contributed by atoms with Crippen LogP contribution in [0.2, 0.25) is 0 Å². The molecule has 22 heavy (non-hydrogen) atoms. The lowest BCUT2D eigenvalue weighted by Crippen LogP contribution is -2.34. The standard InChI is InChI=1S/C18H18N3O/c1-14-18(20(2)16-11-7-4-8-12-16)13-17(19-21(14)22)15-9-5-3-6-10-15/h3-14H,1-2H3/q+1. The van der Waals surface area contributed by atoms with Crippen molar-refractivity contribution in [3.05, 3.63) is 82.9 Å².